The summed E-state index contributed by atoms with van der Waals surface area (Å²) in [6.45, 7) is 2.45. The van der Waals surface area contributed by atoms with Gasteiger partial charge in [0.2, 0.25) is 5.91 Å². The topological polar surface area (TPSA) is 104 Å². The zero-order valence-corrected chi connectivity index (χ0v) is 14.4. The number of benzene rings is 1. The van der Waals surface area contributed by atoms with Crippen LogP contribution in [0.15, 0.2) is 29.1 Å². The van der Waals surface area contributed by atoms with Crippen LogP contribution in [0, 0.1) is 0 Å². The zero-order chi connectivity index (χ0) is 18.2. The van der Waals surface area contributed by atoms with Crippen molar-refractivity contribution in [2.75, 3.05) is 6.61 Å². The highest BCUT2D eigenvalue weighted by molar-refractivity contribution is 6.02. The van der Waals surface area contributed by atoms with Gasteiger partial charge in [-0.05, 0) is 12.5 Å². The normalized spacial score (nSPS) is 10.8. The summed E-state index contributed by atoms with van der Waals surface area (Å²) < 4.78 is 6.39. The van der Waals surface area contributed by atoms with Crippen molar-refractivity contribution in [2.45, 2.75) is 45.6 Å². The van der Waals surface area contributed by atoms with Crippen LogP contribution in [0.1, 0.15) is 49.5 Å². The monoisotopic (exact) mass is 345 g/mol. The number of fused-ring (bicyclic) bond motifs is 1. The van der Waals surface area contributed by atoms with E-state index >= 15 is 0 Å². The molecular weight excluding hydrogens is 322 g/mol. The Balaban J connectivity index is 2.30. The highest BCUT2D eigenvalue weighted by Crippen LogP contribution is 2.14. The van der Waals surface area contributed by atoms with Crippen molar-refractivity contribution in [1.82, 2.24) is 9.78 Å². The van der Waals surface area contributed by atoms with Crippen molar-refractivity contribution < 1.29 is 14.3 Å². The first kappa shape index (κ1) is 18.6. The number of carbonyl (C=O) groups is 2. The number of hydrogen-bond acceptors (Lipinski definition) is 5. The molecule has 1 aromatic heterocycles. The first-order chi connectivity index (χ1) is 12.0. The summed E-state index contributed by atoms with van der Waals surface area (Å²) in [5.74, 6) is -1.22. The van der Waals surface area contributed by atoms with Gasteiger partial charge < -0.3 is 10.5 Å². The molecule has 0 aliphatic rings. The lowest BCUT2D eigenvalue weighted by Crippen LogP contribution is -2.27. The molecule has 1 amide bonds. The molecule has 1 aromatic carbocycles. The highest BCUT2D eigenvalue weighted by Gasteiger charge is 2.18. The van der Waals surface area contributed by atoms with Crippen molar-refractivity contribution in [3.05, 3.63) is 40.3 Å². The van der Waals surface area contributed by atoms with Crippen LogP contribution in [0.25, 0.3) is 10.8 Å². The molecule has 2 N–H and O–H groups in total. The molecule has 0 spiro atoms. The van der Waals surface area contributed by atoms with Crippen molar-refractivity contribution in [2.24, 2.45) is 5.73 Å². The molecule has 0 saturated carbocycles. The molecule has 0 atom stereocenters. The van der Waals surface area contributed by atoms with Gasteiger partial charge in [-0.3, -0.25) is 9.59 Å². The van der Waals surface area contributed by atoms with Gasteiger partial charge in [-0.1, -0.05) is 44.4 Å². The molecule has 0 unspecified atom stereocenters. The van der Waals surface area contributed by atoms with Gasteiger partial charge in [-0.25, -0.2) is 9.48 Å². The standard InChI is InChI=1S/C18H23N3O4/c1-2-3-4-7-11-21-17(23)14-9-6-5-8-13(14)16(20-21)18(24)25-12-10-15(19)22/h5-6,8-9H,2-4,7,10-12H2,1H3,(H2,19,22). The molecule has 0 radical (unpaired) electrons. The number of aromatic nitrogens is 2. The number of rotatable bonds is 9. The van der Waals surface area contributed by atoms with Crippen LogP contribution in [0.4, 0.5) is 0 Å². The number of nitrogens with zero attached hydrogens (tertiary/aromatic N) is 2. The molecule has 2 rings (SSSR count). The van der Waals surface area contributed by atoms with E-state index in [0.29, 0.717) is 17.3 Å². The number of hydrogen-bond donors (Lipinski definition) is 1. The molecule has 0 bridgehead atoms. The number of carbonyl (C=O) groups excluding carboxylic acids is 2. The van der Waals surface area contributed by atoms with E-state index in [2.05, 4.69) is 12.0 Å². The Kier molecular flexibility index (Phi) is 6.68. The Morgan fingerprint density at radius 3 is 2.56 bits per heavy atom. The molecule has 2 aromatic rings. The lowest BCUT2D eigenvalue weighted by molar-refractivity contribution is -0.118. The number of esters is 1. The molecule has 134 valence electrons. The molecule has 7 heteroatoms. The fourth-order valence-corrected chi connectivity index (χ4v) is 2.54. The largest absolute Gasteiger partial charge is 0.460 e. The van der Waals surface area contributed by atoms with Crippen molar-refractivity contribution in [3.63, 3.8) is 0 Å². The fourth-order valence-electron chi connectivity index (χ4n) is 2.54. The van der Waals surface area contributed by atoms with Crippen LogP contribution in [0.5, 0.6) is 0 Å². The summed E-state index contributed by atoms with van der Waals surface area (Å²) in [5, 5.41) is 5.08. The van der Waals surface area contributed by atoms with Crippen molar-refractivity contribution >= 4 is 22.6 Å². The average Bonchev–Trinajstić information content (AvgIpc) is 2.60. The number of aryl methyl sites for hydroxylation is 1. The van der Waals surface area contributed by atoms with Crippen LogP contribution in [-0.4, -0.2) is 28.3 Å². The van der Waals surface area contributed by atoms with E-state index in [1.807, 2.05) is 0 Å². The molecule has 0 aliphatic carbocycles. The predicted molar refractivity (Wildman–Crippen MR) is 94.2 cm³/mol. The number of ether oxygens (including phenoxy) is 1. The maximum atomic E-state index is 12.6. The van der Waals surface area contributed by atoms with Crippen LogP contribution in [-0.2, 0) is 16.1 Å². The highest BCUT2D eigenvalue weighted by atomic mass is 16.5. The van der Waals surface area contributed by atoms with Gasteiger partial charge in [0.25, 0.3) is 5.56 Å². The minimum absolute atomic E-state index is 0.0552. The summed E-state index contributed by atoms with van der Waals surface area (Å²) in [5.41, 5.74) is 4.90. The Morgan fingerprint density at radius 1 is 1.16 bits per heavy atom. The van der Waals surface area contributed by atoms with Gasteiger partial charge >= 0.3 is 5.97 Å². The third-order valence-electron chi connectivity index (χ3n) is 3.87. The molecule has 0 fully saturated rings. The van der Waals surface area contributed by atoms with Crippen molar-refractivity contribution in [1.29, 1.82) is 0 Å². The summed E-state index contributed by atoms with van der Waals surface area (Å²) in [6.07, 6.45) is 3.94. The Hall–Kier alpha value is -2.70. The van der Waals surface area contributed by atoms with Crippen molar-refractivity contribution in [3.8, 4) is 0 Å². The minimum atomic E-state index is -0.667. The van der Waals surface area contributed by atoms with Gasteiger partial charge in [0.15, 0.2) is 5.69 Å². The van der Waals surface area contributed by atoms with Gasteiger partial charge in [-0.2, -0.15) is 5.10 Å². The second-order valence-corrected chi connectivity index (χ2v) is 5.84. The Morgan fingerprint density at radius 2 is 1.88 bits per heavy atom. The van der Waals surface area contributed by atoms with E-state index < -0.39 is 11.9 Å². The number of unbranched alkanes of at least 4 members (excludes halogenated alkanes) is 3. The maximum absolute atomic E-state index is 12.6. The van der Waals surface area contributed by atoms with E-state index in [9.17, 15) is 14.4 Å². The van der Waals surface area contributed by atoms with Gasteiger partial charge in [0.1, 0.15) is 6.61 Å². The van der Waals surface area contributed by atoms with Gasteiger partial charge in [0.05, 0.1) is 11.8 Å². The quantitative estimate of drug-likeness (QED) is 0.553. The Labute approximate surface area is 145 Å². The molecular formula is C18H23N3O4. The predicted octanol–water partition coefficient (Wildman–Crippen LogP) is 2.01. The average molecular weight is 345 g/mol. The summed E-state index contributed by atoms with van der Waals surface area (Å²) in [7, 11) is 0. The minimum Gasteiger partial charge on any atom is -0.460 e. The summed E-state index contributed by atoms with van der Waals surface area (Å²) >= 11 is 0. The Bertz CT molecular complexity index is 814. The maximum Gasteiger partial charge on any atom is 0.359 e. The first-order valence-corrected chi connectivity index (χ1v) is 8.50. The van der Waals surface area contributed by atoms with E-state index in [4.69, 9.17) is 10.5 Å². The van der Waals surface area contributed by atoms with E-state index in [0.717, 1.165) is 25.7 Å². The van der Waals surface area contributed by atoms with E-state index in [-0.39, 0.29) is 24.3 Å². The summed E-state index contributed by atoms with van der Waals surface area (Å²) in [4.78, 5) is 35.7. The van der Waals surface area contributed by atoms with Crippen LogP contribution < -0.4 is 11.3 Å². The fraction of sp³-hybridized carbons (Fsp3) is 0.444. The second-order valence-electron chi connectivity index (χ2n) is 5.84. The zero-order valence-electron chi connectivity index (χ0n) is 14.4. The summed E-state index contributed by atoms with van der Waals surface area (Å²) in [6, 6.07) is 6.81. The molecule has 0 aliphatic heterocycles. The molecule has 7 nitrogen and oxygen atoms in total. The lowest BCUT2D eigenvalue weighted by atomic mass is 10.1. The number of nitrogens with two attached hydrogens (primary N) is 1. The van der Waals surface area contributed by atoms with Crippen LogP contribution >= 0.6 is 0 Å². The van der Waals surface area contributed by atoms with Crippen LogP contribution in [0.3, 0.4) is 0 Å². The van der Waals surface area contributed by atoms with Gasteiger partial charge in [0, 0.05) is 11.9 Å². The molecule has 1 heterocycles. The smallest absolute Gasteiger partial charge is 0.359 e. The first-order valence-electron chi connectivity index (χ1n) is 8.50. The third kappa shape index (κ3) is 4.89. The third-order valence-corrected chi connectivity index (χ3v) is 3.87. The van der Waals surface area contributed by atoms with E-state index in [1.165, 1.54) is 4.68 Å². The number of primary amides is 1. The molecule has 25 heavy (non-hydrogen) atoms. The second kappa shape index (κ2) is 8.96. The lowest BCUT2D eigenvalue weighted by Gasteiger charge is -2.10. The molecule has 0 saturated heterocycles. The van der Waals surface area contributed by atoms with Gasteiger partial charge in [-0.15, -0.1) is 0 Å². The SMILES string of the molecule is CCCCCCn1nc(C(=O)OCCC(N)=O)c2ccccc2c1=O. The van der Waals surface area contributed by atoms with Crippen LogP contribution in [0.2, 0.25) is 0 Å². The number of amides is 1. The van der Waals surface area contributed by atoms with E-state index in [1.54, 1.807) is 24.3 Å².